The summed E-state index contributed by atoms with van der Waals surface area (Å²) in [4.78, 5) is 23.2. The molecule has 0 heterocycles. The monoisotopic (exact) mass is 981 g/mol. The number of hydrogen-bond acceptors (Lipinski definition) is 11. The van der Waals surface area contributed by atoms with E-state index in [1.165, 1.54) is 103 Å². The highest BCUT2D eigenvalue weighted by Crippen LogP contribution is 2.47. The highest BCUT2D eigenvalue weighted by Gasteiger charge is 2.51. The van der Waals surface area contributed by atoms with Crippen LogP contribution in [-0.2, 0) is 27.9 Å². The molecule has 12 nitrogen and oxygen atoms in total. The molecule has 0 aromatic rings. The normalized spacial score (nSPS) is 21.7. The van der Waals surface area contributed by atoms with Crippen molar-refractivity contribution in [2.24, 2.45) is 0 Å². The fraction of sp³-hybridized carbons (Fsp3) is 0.764. The van der Waals surface area contributed by atoms with Crippen molar-refractivity contribution in [3.63, 3.8) is 0 Å². The molecule has 1 rings (SSSR count). The van der Waals surface area contributed by atoms with Crippen molar-refractivity contribution < 1.29 is 58.3 Å². The molecule has 1 fully saturated rings. The second-order valence-electron chi connectivity index (χ2n) is 18.3. The molecule has 13 heteroatoms. The number of carbonyl (C=O) groups excluding carboxylic acids is 1. The average molecular weight is 981 g/mol. The minimum atomic E-state index is -5.04. The summed E-state index contributed by atoms with van der Waals surface area (Å²) in [5.74, 6) is -0.501. The highest BCUT2D eigenvalue weighted by molar-refractivity contribution is 7.47. The third-order valence-corrected chi connectivity index (χ3v) is 13.0. The molecule has 6 unspecified atom stereocenters. The predicted octanol–water partition coefficient (Wildman–Crippen LogP) is 12.3. The molecule has 1 aliphatic carbocycles. The summed E-state index contributed by atoms with van der Waals surface area (Å²) < 4.78 is 34.3. The Labute approximate surface area is 412 Å². The topological polar surface area (TPSA) is 192 Å². The minimum absolute atomic E-state index is 0.0907. The lowest BCUT2D eigenvalue weighted by Gasteiger charge is -2.41. The maximum absolute atomic E-state index is 12.9. The Morgan fingerprint density at radius 1 is 0.485 bits per heavy atom. The van der Waals surface area contributed by atoms with E-state index >= 15 is 0 Å². The lowest BCUT2D eigenvalue weighted by molar-refractivity contribution is -0.220. The number of aliphatic hydroxyl groups is 5. The van der Waals surface area contributed by atoms with Gasteiger partial charge in [-0.15, -0.1) is 0 Å². The third kappa shape index (κ3) is 35.8. The molecule has 6 atom stereocenters. The number of aliphatic hydroxyl groups excluding tert-OH is 5. The molecule has 0 amide bonds. The second-order valence-corrected chi connectivity index (χ2v) is 19.7. The van der Waals surface area contributed by atoms with Gasteiger partial charge in [-0.1, -0.05) is 189 Å². The van der Waals surface area contributed by atoms with E-state index in [0.717, 1.165) is 77.0 Å². The molecule has 1 aliphatic rings. The van der Waals surface area contributed by atoms with Crippen LogP contribution in [0.1, 0.15) is 206 Å². The van der Waals surface area contributed by atoms with Crippen LogP contribution in [0.2, 0.25) is 0 Å². The molecule has 0 saturated heterocycles. The van der Waals surface area contributed by atoms with E-state index in [0.29, 0.717) is 13.0 Å². The Kier molecular flexibility index (Phi) is 41.9. The SMILES string of the molecule is CC/C=C\C/C=C\C/C=C\C/C=C\CCCCCCC(=O)OC(COCCCCCCCCCCCCCC/C=C\C/C=C\CCCCCCC)COP(=O)(O)OC1C(O)C(O)C(O)C(O)C1O. The maximum Gasteiger partial charge on any atom is 0.472 e. The first-order valence-corrected chi connectivity index (χ1v) is 28.3. The van der Waals surface area contributed by atoms with Crippen LogP contribution in [-0.4, -0.2) is 98.9 Å². The lowest BCUT2D eigenvalue weighted by Crippen LogP contribution is -2.64. The van der Waals surface area contributed by atoms with Crippen molar-refractivity contribution in [1.82, 2.24) is 0 Å². The number of phosphoric ester groups is 1. The summed E-state index contributed by atoms with van der Waals surface area (Å²) in [5, 5.41) is 50.3. The van der Waals surface area contributed by atoms with Gasteiger partial charge in [0.1, 0.15) is 42.7 Å². The van der Waals surface area contributed by atoms with Crippen molar-refractivity contribution in [3.8, 4) is 0 Å². The van der Waals surface area contributed by atoms with Crippen LogP contribution in [0.4, 0.5) is 0 Å². The number of esters is 1. The van der Waals surface area contributed by atoms with Crippen LogP contribution in [0, 0.1) is 0 Å². The van der Waals surface area contributed by atoms with E-state index in [1.807, 2.05) is 0 Å². The van der Waals surface area contributed by atoms with Gasteiger partial charge >= 0.3 is 13.8 Å². The molecule has 1 saturated carbocycles. The zero-order chi connectivity index (χ0) is 49.8. The Morgan fingerprint density at radius 2 is 0.868 bits per heavy atom. The van der Waals surface area contributed by atoms with Gasteiger partial charge in [-0.05, 0) is 83.5 Å². The zero-order valence-electron chi connectivity index (χ0n) is 42.4. The molecular weight excluding hydrogens is 884 g/mol. The number of hydrogen-bond donors (Lipinski definition) is 6. The first-order chi connectivity index (χ1) is 33.0. The number of unbranched alkanes of at least 4 members (excludes halogenated alkanes) is 21. The first-order valence-electron chi connectivity index (χ1n) is 26.8. The molecule has 0 aromatic carbocycles. The predicted molar refractivity (Wildman–Crippen MR) is 276 cm³/mol. The maximum atomic E-state index is 12.9. The van der Waals surface area contributed by atoms with Gasteiger partial charge < -0.3 is 39.9 Å². The van der Waals surface area contributed by atoms with E-state index in [9.17, 15) is 39.8 Å². The van der Waals surface area contributed by atoms with Gasteiger partial charge in [-0.2, -0.15) is 0 Å². The van der Waals surface area contributed by atoms with Gasteiger partial charge in [0.2, 0.25) is 0 Å². The number of allylic oxidation sites excluding steroid dienone is 12. The van der Waals surface area contributed by atoms with Crippen molar-refractivity contribution in [2.75, 3.05) is 19.8 Å². The molecule has 0 radical (unpaired) electrons. The van der Waals surface area contributed by atoms with Gasteiger partial charge in [0.25, 0.3) is 0 Å². The van der Waals surface area contributed by atoms with E-state index in [4.69, 9.17) is 18.5 Å². The van der Waals surface area contributed by atoms with Gasteiger partial charge in [0.15, 0.2) is 0 Å². The average Bonchev–Trinajstić information content (AvgIpc) is 3.32. The van der Waals surface area contributed by atoms with Crippen LogP contribution < -0.4 is 0 Å². The molecule has 68 heavy (non-hydrogen) atoms. The summed E-state index contributed by atoms with van der Waals surface area (Å²) in [6.07, 6.45) is 46.8. The molecule has 0 bridgehead atoms. The van der Waals surface area contributed by atoms with Crippen LogP contribution in [0.25, 0.3) is 0 Å². The molecule has 0 aliphatic heterocycles. The van der Waals surface area contributed by atoms with Crippen LogP contribution in [0.3, 0.4) is 0 Å². The highest BCUT2D eigenvalue weighted by atomic mass is 31.2. The zero-order valence-corrected chi connectivity index (χ0v) is 43.3. The summed E-state index contributed by atoms with van der Waals surface area (Å²) in [6, 6.07) is 0. The van der Waals surface area contributed by atoms with Crippen LogP contribution in [0.15, 0.2) is 72.9 Å². The van der Waals surface area contributed by atoms with Crippen molar-refractivity contribution in [2.45, 2.75) is 249 Å². The lowest BCUT2D eigenvalue weighted by atomic mass is 9.85. The fourth-order valence-corrected chi connectivity index (χ4v) is 8.82. The van der Waals surface area contributed by atoms with Gasteiger partial charge in [0, 0.05) is 13.0 Å². The molecule has 6 N–H and O–H groups in total. The summed E-state index contributed by atoms with van der Waals surface area (Å²) in [6.45, 7) is 4.12. The largest absolute Gasteiger partial charge is 0.472 e. The van der Waals surface area contributed by atoms with E-state index in [1.54, 1.807) is 0 Å². The Morgan fingerprint density at radius 3 is 1.32 bits per heavy atom. The van der Waals surface area contributed by atoms with Crippen LogP contribution in [0.5, 0.6) is 0 Å². The standard InChI is InChI=1S/C55H97O12P/c1-3-5-7-9-11-13-15-17-19-21-22-23-24-25-26-27-29-31-33-35-37-39-41-43-45-64-46-48(47-65-68(62,63)67-55-53(60)51(58)50(57)52(59)54(55)61)66-49(56)44-42-40-38-36-34-32-30-28-20-18-16-14-12-10-8-6-4-2/h6,8,12,14-15,17-18,20-22,30,32,48,50-55,57-61H,3-5,7,9-11,13,16,19,23-29,31,33-47H2,1-2H3,(H,62,63)/b8-6-,14-12-,17-15-,20-18-,22-21-,32-30-. The van der Waals surface area contributed by atoms with Crippen molar-refractivity contribution in [1.29, 1.82) is 0 Å². The molecule has 0 aromatic heterocycles. The number of rotatable bonds is 45. The first kappa shape index (κ1) is 63.8. The Balaban J connectivity index is 2.32. The van der Waals surface area contributed by atoms with Gasteiger partial charge in [-0.25, -0.2) is 4.57 Å². The quantitative estimate of drug-likeness (QED) is 0.0147. The second kappa shape index (κ2) is 44.7. The summed E-state index contributed by atoms with van der Waals surface area (Å²) in [5.41, 5.74) is 0. The van der Waals surface area contributed by atoms with E-state index < -0.39 is 63.1 Å². The Hall–Kier alpha value is -2.22. The molecule has 0 spiro atoms. The molecule has 394 valence electrons. The van der Waals surface area contributed by atoms with E-state index in [-0.39, 0.29) is 13.0 Å². The fourth-order valence-electron chi connectivity index (χ4n) is 7.85. The van der Waals surface area contributed by atoms with E-state index in [2.05, 4.69) is 86.8 Å². The molecular formula is C55H97O12P. The van der Waals surface area contributed by atoms with Crippen molar-refractivity contribution >= 4 is 13.8 Å². The number of ether oxygens (including phenoxy) is 2. The number of carbonyl (C=O) groups is 1. The van der Waals surface area contributed by atoms with Crippen molar-refractivity contribution in [3.05, 3.63) is 72.9 Å². The van der Waals surface area contributed by atoms with Gasteiger partial charge in [-0.3, -0.25) is 13.8 Å². The minimum Gasteiger partial charge on any atom is -0.457 e. The summed E-state index contributed by atoms with van der Waals surface area (Å²) in [7, 11) is -5.04. The Bertz CT molecular complexity index is 1400. The smallest absolute Gasteiger partial charge is 0.457 e. The number of phosphoric acid groups is 1. The van der Waals surface area contributed by atoms with Crippen LogP contribution >= 0.6 is 7.82 Å². The summed E-state index contributed by atoms with van der Waals surface area (Å²) >= 11 is 0. The van der Waals surface area contributed by atoms with Gasteiger partial charge in [0.05, 0.1) is 13.2 Å². The third-order valence-electron chi connectivity index (χ3n) is 12.1.